The molecule has 1 unspecified atom stereocenters. The second-order valence-electron chi connectivity index (χ2n) is 4.14. The molecule has 0 saturated carbocycles. The minimum Gasteiger partial charge on any atom is -0.469 e. The molecule has 0 aromatic carbocycles. The highest BCUT2D eigenvalue weighted by Crippen LogP contribution is 2.21. The lowest BCUT2D eigenvalue weighted by atomic mass is 10.1. The Labute approximate surface area is 98.6 Å². The van der Waals surface area contributed by atoms with Gasteiger partial charge in [-0.1, -0.05) is 0 Å². The van der Waals surface area contributed by atoms with Gasteiger partial charge >= 0.3 is 5.97 Å². The number of aryl methyl sites for hydroxylation is 1. The second kappa shape index (κ2) is 4.57. The van der Waals surface area contributed by atoms with Crippen molar-refractivity contribution < 1.29 is 9.53 Å². The quantitative estimate of drug-likeness (QED) is 0.737. The third kappa shape index (κ3) is 2.46. The summed E-state index contributed by atoms with van der Waals surface area (Å²) in [6.45, 7) is 3.01. The fraction of sp³-hybridized carbons (Fsp3) is 0.545. The Morgan fingerprint density at radius 2 is 2.41 bits per heavy atom. The average Bonchev–Trinajstić information content (AvgIpc) is 2.76. The number of carbonyl (C=O) groups is 1. The van der Waals surface area contributed by atoms with E-state index in [9.17, 15) is 9.59 Å². The molecule has 1 aliphatic heterocycles. The third-order valence-corrected chi connectivity index (χ3v) is 2.89. The predicted octanol–water partition coefficient (Wildman–Crippen LogP) is 0.0776. The molecule has 1 N–H and O–H groups in total. The molecule has 2 rings (SSSR count). The molecule has 92 valence electrons. The van der Waals surface area contributed by atoms with Crippen molar-refractivity contribution in [3.05, 3.63) is 22.2 Å². The molecule has 6 heteroatoms. The molecule has 0 amide bonds. The summed E-state index contributed by atoms with van der Waals surface area (Å²) in [4.78, 5) is 31.5. The number of methoxy groups -OCH3 is 1. The Morgan fingerprint density at radius 3 is 3.06 bits per heavy atom. The molecule has 1 aromatic heterocycles. The smallest absolute Gasteiger partial charge is 0.310 e. The first-order valence-electron chi connectivity index (χ1n) is 5.51. The van der Waals surface area contributed by atoms with Crippen LogP contribution in [0.1, 0.15) is 12.2 Å². The van der Waals surface area contributed by atoms with Crippen LogP contribution >= 0.6 is 0 Å². The Bertz CT molecular complexity index is 483. The Balaban J connectivity index is 2.15. The molecule has 6 nitrogen and oxygen atoms in total. The van der Waals surface area contributed by atoms with Gasteiger partial charge in [-0.3, -0.25) is 9.59 Å². The molecule has 0 radical (unpaired) electrons. The van der Waals surface area contributed by atoms with Crippen LogP contribution in [0.2, 0.25) is 0 Å². The fourth-order valence-electron chi connectivity index (χ4n) is 2.05. The maximum Gasteiger partial charge on any atom is 0.310 e. The molecule has 1 saturated heterocycles. The van der Waals surface area contributed by atoms with Gasteiger partial charge in [-0.2, -0.15) is 0 Å². The number of nitrogens with one attached hydrogen (secondary N) is 1. The summed E-state index contributed by atoms with van der Waals surface area (Å²) in [6, 6.07) is 1.45. The standard InChI is InChI=1S/C11H15N3O3/c1-7-12-9(5-10(15)13-7)14-4-3-8(6-14)11(16)17-2/h5,8H,3-4,6H2,1-2H3,(H,12,13,15). The zero-order valence-corrected chi connectivity index (χ0v) is 9.90. The van der Waals surface area contributed by atoms with Gasteiger partial charge in [0, 0.05) is 19.2 Å². The summed E-state index contributed by atoms with van der Waals surface area (Å²) in [5.74, 6) is 0.877. The van der Waals surface area contributed by atoms with Crippen LogP contribution in [0.5, 0.6) is 0 Å². The van der Waals surface area contributed by atoms with E-state index in [1.54, 1.807) is 6.92 Å². The number of ether oxygens (including phenoxy) is 1. The minimum atomic E-state index is -0.200. The number of H-pyrrole nitrogens is 1. The highest BCUT2D eigenvalue weighted by Gasteiger charge is 2.29. The Kier molecular flexibility index (Phi) is 3.12. The summed E-state index contributed by atoms with van der Waals surface area (Å²) in [7, 11) is 1.39. The van der Waals surface area contributed by atoms with Crippen molar-refractivity contribution in [2.45, 2.75) is 13.3 Å². The van der Waals surface area contributed by atoms with E-state index in [1.165, 1.54) is 13.2 Å². The van der Waals surface area contributed by atoms with Crippen molar-refractivity contribution in [3.63, 3.8) is 0 Å². The number of hydrogen-bond donors (Lipinski definition) is 1. The maximum atomic E-state index is 11.4. The first kappa shape index (κ1) is 11.6. The molecule has 2 heterocycles. The van der Waals surface area contributed by atoms with Crippen molar-refractivity contribution in [3.8, 4) is 0 Å². The van der Waals surface area contributed by atoms with Gasteiger partial charge in [-0.15, -0.1) is 0 Å². The Morgan fingerprint density at radius 1 is 1.65 bits per heavy atom. The SMILES string of the molecule is COC(=O)C1CCN(c2cc(=O)[nH]c(C)n2)C1. The zero-order valence-electron chi connectivity index (χ0n) is 9.90. The van der Waals surface area contributed by atoms with Gasteiger partial charge in [0.2, 0.25) is 0 Å². The maximum absolute atomic E-state index is 11.4. The molecule has 1 aromatic rings. The molecular weight excluding hydrogens is 222 g/mol. The summed E-state index contributed by atoms with van der Waals surface area (Å²) in [5, 5.41) is 0. The summed E-state index contributed by atoms with van der Waals surface area (Å²) < 4.78 is 4.71. The van der Waals surface area contributed by atoms with Crippen LogP contribution in [0, 0.1) is 12.8 Å². The van der Waals surface area contributed by atoms with Gasteiger partial charge < -0.3 is 14.6 Å². The average molecular weight is 237 g/mol. The molecule has 1 atom stereocenters. The van der Waals surface area contributed by atoms with Crippen LogP contribution in [-0.2, 0) is 9.53 Å². The van der Waals surface area contributed by atoms with Crippen LogP contribution in [0.15, 0.2) is 10.9 Å². The van der Waals surface area contributed by atoms with Crippen molar-refractivity contribution in [2.75, 3.05) is 25.1 Å². The number of aromatic nitrogens is 2. The van der Waals surface area contributed by atoms with Crippen molar-refractivity contribution in [2.24, 2.45) is 5.92 Å². The first-order chi connectivity index (χ1) is 8.10. The molecule has 0 spiro atoms. The van der Waals surface area contributed by atoms with Gasteiger partial charge in [0.15, 0.2) is 0 Å². The number of nitrogens with zero attached hydrogens (tertiary/aromatic N) is 2. The summed E-state index contributed by atoms with van der Waals surface area (Å²) >= 11 is 0. The van der Waals surface area contributed by atoms with E-state index in [2.05, 4.69) is 9.97 Å². The molecule has 17 heavy (non-hydrogen) atoms. The largest absolute Gasteiger partial charge is 0.469 e. The normalized spacial score (nSPS) is 19.4. The van der Waals surface area contributed by atoms with Crippen LogP contribution < -0.4 is 10.5 Å². The number of carbonyl (C=O) groups excluding carboxylic acids is 1. The third-order valence-electron chi connectivity index (χ3n) is 2.89. The number of anilines is 1. The van der Waals surface area contributed by atoms with Crippen LogP contribution in [0.3, 0.4) is 0 Å². The highest BCUT2D eigenvalue weighted by atomic mass is 16.5. The van der Waals surface area contributed by atoms with Gasteiger partial charge in [-0.25, -0.2) is 4.98 Å². The second-order valence-corrected chi connectivity index (χ2v) is 4.14. The monoisotopic (exact) mass is 237 g/mol. The lowest BCUT2D eigenvalue weighted by Crippen LogP contribution is -2.26. The fourth-order valence-corrected chi connectivity index (χ4v) is 2.05. The van der Waals surface area contributed by atoms with Gasteiger partial charge in [0.25, 0.3) is 5.56 Å². The predicted molar refractivity (Wildman–Crippen MR) is 61.9 cm³/mol. The molecule has 1 fully saturated rings. The van der Waals surface area contributed by atoms with Crippen LogP contribution in [0.25, 0.3) is 0 Å². The van der Waals surface area contributed by atoms with Crippen LogP contribution in [0.4, 0.5) is 5.82 Å². The number of aromatic amines is 1. The van der Waals surface area contributed by atoms with E-state index in [-0.39, 0.29) is 17.4 Å². The van der Waals surface area contributed by atoms with E-state index >= 15 is 0 Å². The van der Waals surface area contributed by atoms with Gasteiger partial charge in [0.1, 0.15) is 11.6 Å². The molecular formula is C11H15N3O3. The van der Waals surface area contributed by atoms with Crippen molar-refractivity contribution >= 4 is 11.8 Å². The number of rotatable bonds is 2. The van der Waals surface area contributed by atoms with E-state index in [4.69, 9.17) is 4.74 Å². The van der Waals surface area contributed by atoms with Gasteiger partial charge in [0.05, 0.1) is 13.0 Å². The highest BCUT2D eigenvalue weighted by molar-refractivity contribution is 5.74. The molecule has 0 bridgehead atoms. The van der Waals surface area contributed by atoms with E-state index in [0.717, 1.165) is 13.0 Å². The van der Waals surface area contributed by atoms with E-state index in [0.29, 0.717) is 18.2 Å². The summed E-state index contributed by atoms with van der Waals surface area (Å²) in [5.41, 5.74) is -0.172. The van der Waals surface area contributed by atoms with Crippen molar-refractivity contribution in [1.82, 2.24) is 9.97 Å². The summed E-state index contributed by atoms with van der Waals surface area (Å²) in [6.07, 6.45) is 0.736. The van der Waals surface area contributed by atoms with E-state index in [1.807, 2.05) is 4.90 Å². The lowest BCUT2D eigenvalue weighted by Gasteiger charge is -2.16. The molecule has 1 aliphatic rings. The lowest BCUT2D eigenvalue weighted by molar-refractivity contribution is -0.144. The molecule has 0 aliphatic carbocycles. The topological polar surface area (TPSA) is 75.3 Å². The van der Waals surface area contributed by atoms with Crippen LogP contribution in [-0.4, -0.2) is 36.1 Å². The number of hydrogen-bond acceptors (Lipinski definition) is 5. The number of esters is 1. The zero-order chi connectivity index (χ0) is 12.4. The van der Waals surface area contributed by atoms with Crippen molar-refractivity contribution in [1.29, 1.82) is 0 Å². The van der Waals surface area contributed by atoms with E-state index < -0.39 is 0 Å². The first-order valence-corrected chi connectivity index (χ1v) is 5.51. The minimum absolute atomic E-state index is 0.124. The Hall–Kier alpha value is -1.85. The van der Waals surface area contributed by atoms with Gasteiger partial charge in [-0.05, 0) is 13.3 Å².